The fourth-order valence-electron chi connectivity index (χ4n) is 3.25. The largest absolute Gasteiger partial charge is 0.393 e. The molecule has 1 aliphatic heterocycles. The fraction of sp³-hybridized carbons (Fsp3) is 1.00. The Morgan fingerprint density at radius 3 is 1.26 bits per heavy atom. The van der Waals surface area contributed by atoms with Gasteiger partial charge in [-0.3, -0.25) is 0 Å². The molecule has 0 aromatic carbocycles. The Morgan fingerprint density at radius 2 is 0.913 bits per heavy atom. The minimum atomic E-state index is -6.91. The first-order valence-electron chi connectivity index (χ1n) is 6.77. The van der Waals surface area contributed by atoms with Gasteiger partial charge in [-0.2, -0.15) is 48.8 Å². The molecule has 0 N–H and O–H groups in total. The van der Waals surface area contributed by atoms with Crippen molar-refractivity contribution in [2.75, 3.05) is 0 Å². The van der Waals surface area contributed by atoms with Crippen LogP contribution in [0.25, 0.3) is 0 Å². The number of piperidine rings is 1. The molecule has 0 spiro atoms. The van der Waals surface area contributed by atoms with Gasteiger partial charge >= 0.3 is 29.9 Å². The molecular formula is C12H13F10N. The number of hydrogen-bond donors (Lipinski definition) is 0. The monoisotopic (exact) mass is 361 g/mol. The predicted molar refractivity (Wildman–Crippen MR) is 58.1 cm³/mol. The van der Waals surface area contributed by atoms with Crippen molar-refractivity contribution >= 4 is 0 Å². The third-order valence-electron chi connectivity index (χ3n) is 4.58. The van der Waals surface area contributed by atoms with Crippen LogP contribution in [0.5, 0.6) is 0 Å². The molecule has 2 aliphatic rings. The van der Waals surface area contributed by atoms with Crippen LogP contribution in [0.1, 0.15) is 39.0 Å². The Hall–Kier alpha value is -0.740. The maximum absolute atomic E-state index is 13.9. The van der Waals surface area contributed by atoms with Gasteiger partial charge in [0.1, 0.15) is 0 Å². The van der Waals surface area contributed by atoms with E-state index < -0.39 is 53.1 Å². The molecule has 1 nitrogen and oxygen atoms in total. The fourth-order valence-corrected chi connectivity index (χ4v) is 3.25. The lowest BCUT2D eigenvalue weighted by atomic mass is 9.78. The first-order valence-corrected chi connectivity index (χ1v) is 6.77. The Balaban J connectivity index is 2.69. The molecule has 1 heterocycles. The van der Waals surface area contributed by atoms with Crippen molar-refractivity contribution in [2.24, 2.45) is 0 Å². The van der Waals surface area contributed by atoms with E-state index in [0.717, 1.165) is 0 Å². The lowest BCUT2D eigenvalue weighted by molar-refractivity contribution is -0.518. The first kappa shape index (κ1) is 18.6. The third kappa shape index (κ3) is 1.97. The second-order valence-corrected chi connectivity index (χ2v) is 6.20. The zero-order chi connectivity index (χ0) is 18.1. The summed E-state index contributed by atoms with van der Waals surface area (Å²) in [6.07, 6.45) is -0.533. The average Bonchev–Trinajstić information content (AvgIpc) is 2.36. The summed E-state index contributed by atoms with van der Waals surface area (Å²) in [6, 6.07) is -12.3. The SMILES string of the molecule is CC1(N2C(F)(F)C(F)(F)C(F)(F)C(F)(F)C2(F)F)CCCCC1. The van der Waals surface area contributed by atoms with Crippen LogP contribution >= 0.6 is 0 Å². The van der Waals surface area contributed by atoms with Crippen molar-refractivity contribution in [3.05, 3.63) is 0 Å². The molecule has 1 saturated carbocycles. The molecule has 1 aliphatic carbocycles. The summed E-state index contributed by atoms with van der Waals surface area (Å²) >= 11 is 0. The highest BCUT2D eigenvalue weighted by molar-refractivity contribution is 5.17. The molecule has 0 aromatic heterocycles. The summed E-state index contributed by atoms with van der Waals surface area (Å²) in [5.41, 5.74) is -2.46. The normalized spacial score (nSPS) is 34.0. The minimum Gasteiger partial charge on any atom is -0.192 e. The van der Waals surface area contributed by atoms with Crippen LogP contribution in [-0.4, -0.2) is 40.3 Å². The molecule has 11 heteroatoms. The van der Waals surface area contributed by atoms with Gasteiger partial charge in [0, 0.05) is 5.54 Å². The van der Waals surface area contributed by atoms with Gasteiger partial charge < -0.3 is 0 Å². The van der Waals surface area contributed by atoms with Gasteiger partial charge in [0.25, 0.3) is 0 Å². The predicted octanol–water partition coefficient (Wildman–Crippen LogP) is 5.12. The van der Waals surface area contributed by atoms with Gasteiger partial charge in [-0.25, -0.2) is 0 Å². The highest BCUT2D eigenvalue weighted by atomic mass is 19.4. The van der Waals surface area contributed by atoms with E-state index >= 15 is 0 Å². The molecule has 0 amide bonds. The van der Waals surface area contributed by atoms with Gasteiger partial charge in [0.2, 0.25) is 0 Å². The smallest absolute Gasteiger partial charge is 0.192 e. The number of alkyl halides is 10. The Bertz CT molecular complexity index is 450. The van der Waals surface area contributed by atoms with E-state index in [4.69, 9.17) is 0 Å². The molecule has 1 saturated heterocycles. The highest BCUT2D eigenvalue weighted by Gasteiger charge is 2.96. The van der Waals surface area contributed by atoms with Crippen LogP contribution in [0.4, 0.5) is 43.9 Å². The second-order valence-electron chi connectivity index (χ2n) is 6.20. The molecule has 136 valence electrons. The van der Waals surface area contributed by atoms with Crippen molar-refractivity contribution < 1.29 is 43.9 Å². The molecule has 0 radical (unpaired) electrons. The number of nitrogens with zero attached hydrogens (tertiary/aromatic N) is 1. The lowest BCUT2D eigenvalue weighted by Crippen LogP contribution is -2.84. The minimum absolute atomic E-state index is 0.0483. The molecule has 23 heavy (non-hydrogen) atoms. The summed E-state index contributed by atoms with van der Waals surface area (Å²) in [5, 5.41) is 0. The number of rotatable bonds is 1. The molecular weight excluding hydrogens is 348 g/mol. The highest BCUT2D eigenvalue weighted by Crippen LogP contribution is 2.66. The summed E-state index contributed by atoms with van der Waals surface area (Å²) < 4.78 is 136. The van der Waals surface area contributed by atoms with E-state index in [9.17, 15) is 43.9 Å². The average molecular weight is 361 g/mol. The van der Waals surface area contributed by atoms with Crippen molar-refractivity contribution in [2.45, 2.75) is 74.4 Å². The first-order chi connectivity index (χ1) is 10.1. The molecule has 0 bridgehead atoms. The summed E-state index contributed by atoms with van der Waals surface area (Å²) in [5.74, 6) is -20.2. The quantitative estimate of drug-likeness (QED) is 0.463. The molecule has 2 fully saturated rings. The number of hydrogen-bond acceptors (Lipinski definition) is 1. The van der Waals surface area contributed by atoms with Gasteiger partial charge in [-0.1, -0.05) is 19.3 Å². The van der Waals surface area contributed by atoms with Gasteiger partial charge in [-0.05, 0) is 19.8 Å². The molecule has 0 atom stereocenters. The number of halogens is 10. The van der Waals surface area contributed by atoms with Gasteiger partial charge in [0.15, 0.2) is 0 Å². The number of likely N-dealkylation sites (tertiary alicyclic amines) is 1. The Kier molecular flexibility index (Phi) is 3.77. The van der Waals surface area contributed by atoms with Crippen LogP contribution in [0.3, 0.4) is 0 Å². The van der Waals surface area contributed by atoms with Gasteiger partial charge in [-0.15, -0.1) is 0 Å². The molecule has 0 unspecified atom stereocenters. The van der Waals surface area contributed by atoms with E-state index in [1.165, 1.54) is 0 Å². The maximum Gasteiger partial charge on any atom is 0.393 e. The molecule has 0 aromatic rings. The third-order valence-corrected chi connectivity index (χ3v) is 4.58. The second kappa shape index (κ2) is 4.66. The van der Waals surface area contributed by atoms with Crippen molar-refractivity contribution in [1.29, 1.82) is 0 Å². The van der Waals surface area contributed by atoms with Crippen LogP contribution in [0, 0.1) is 0 Å². The summed E-state index contributed by atoms with van der Waals surface area (Å²) in [7, 11) is 0. The Morgan fingerprint density at radius 1 is 0.565 bits per heavy atom. The van der Waals surface area contributed by atoms with Crippen LogP contribution in [-0.2, 0) is 0 Å². The van der Waals surface area contributed by atoms with Crippen LogP contribution in [0.2, 0.25) is 0 Å². The van der Waals surface area contributed by atoms with Gasteiger partial charge in [0.05, 0.1) is 0 Å². The molecule has 2 rings (SSSR count). The zero-order valence-electron chi connectivity index (χ0n) is 11.8. The van der Waals surface area contributed by atoms with E-state index in [2.05, 4.69) is 0 Å². The summed E-state index contributed by atoms with van der Waals surface area (Å²) in [6.45, 7) is 0.684. The van der Waals surface area contributed by atoms with Crippen molar-refractivity contribution in [3.8, 4) is 0 Å². The van der Waals surface area contributed by atoms with E-state index in [0.29, 0.717) is 13.3 Å². The zero-order valence-corrected chi connectivity index (χ0v) is 11.8. The van der Waals surface area contributed by atoms with E-state index in [-0.39, 0.29) is 12.8 Å². The van der Waals surface area contributed by atoms with Crippen molar-refractivity contribution in [3.63, 3.8) is 0 Å². The maximum atomic E-state index is 13.9. The topological polar surface area (TPSA) is 3.24 Å². The van der Waals surface area contributed by atoms with Crippen LogP contribution in [0.15, 0.2) is 0 Å². The Labute approximate surface area is 124 Å². The van der Waals surface area contributed by atoms with E-state index in [1.54, 1.807) is 0 Å². The standard InChI is InChI=1S/C12H13F10N/c1-7(5-3-2-4-6-7)23-11(19,20)9(15,16)8(13,14)10(17,18)12(23,21)22/h2-6H2,1H3. The lowest BCUT2D eigenvalue weighted by Gasteiger charge is -2.57. The van der Waals surface area contributed by atoms with Crippen molar-refractivity contribution in [1.82, 2.24) is 4.90 Å². The summed E-state index contributed by atoms with van der Waals surface area (Å²) in [4.78, 5) is -1.68. The van der Waals surface area contributed by atoms with E-state index in [1.807, 2.05) is 0 Å². The van der Waals surface area contributed by atoms with Crippen LogP contribution < -0.4 is 0 Å².